The topological polar surface area (TPSA) is 27.7 Å². The smallest absolute Gasteiger partial charge is 0.377 e. The predicted molar refractivity (Wildman–Crippen MR) is 43.8 cm³/mol. The monoisotopic (exact) mass is 175 g/mol. The van der Waals surface area contributed by atoms with Crippen LogP contribution in [-0.4, -0.2) is 30.1 Å². The summed E-state index contributed by atoms with van der Waals surface area (Å²) >= 11 is 0. The van der Waals surface area contributed by atoms with E-state index in [1.165, 1.54) is 12.8 Å². The van der Waals surface area contributed by atoms with Gasteiger partial charge < -0.3 is 13.3 Å². The minimum atomic E-state index is -2.34. The Morgan fingerprint density at radius 3 is 1.82 bits per heavy atom. The molecule has 0 atom stereocenters. The fraction of sp³-hybridized carbons (Fsp3) is 0.857. The summed E-state index contributed by atoms with van der Waals surface area (Å²) in [6.45, 7) is 0. The molecule has 0 aromatic heterocycles. The molecule has 1 rings (SSSR count). The molecule has 0 aromatic carbocycles. The van der Waals surface area contributed by atoms with Crippen molar-refractivity contribution in [1.82, 2.24) is 0 Å². The summed E-state index contributed by atoms with van der Waals surface area (Å²) < 4.78 is 15.7. The van der Waals surface area contributed by atoms with Crippen molar-refractivity contribution in [2.24, 2.45) is 5.92 Å². The van der Waals surface area contributed by atoms with Gasteiger partial charge in [-0.25, -0.2) is 0 Å². The third-order valence-electron chi connectivity index (χ3n) is 1.92. The molecule has 1 fully saturated rings. The molecule has 0 bridgehead atoms. The second-order valence-corrected chi connectivity index (χ2v) is 5.49. The van der Waals surface area contributed by atoms with E-state index in [1.54, 1.807) is 21.3 Å². The van der Waals surface area contributed by atoms with Gasteiger partial charge in [0.2, 0.25) is 0 Å². The van der Waals surface area contributed by atoms with E-state index in [4.69, 9.17) is 13.3 Å². The molecule has 1 aliphatic carbocycles. The summed E-state index contributed by atoms with van der Waals surface area (Å²) in [6.07, 6.45) is 2.51. The maximum atomic E-state index is 5.23. The summed E-state index contributed by atoms with van der Waals surface area (Å²) in [5.41, 5.74) is 0. The Hall–Kier alpha value is 0.0969. The van der Waals surface area contributed by atoms with Crippen molar-refractivity contribution in [3.05, 3.63) is 6.04 Å². The van der Waals surface area contributed by atoms with E-state index in [0.29, 0.717) is 5.92 Å². The number of rotatable bonds is 5. The van der Waals surface area contributed by atoms with Crippen molar-refractivity contribution < 1.29 is 13.3 Å². The second-order valence-electron chi connectivity index (χ2n) is 2.72. The normalized spacial score (nSPS) is 18.8. The van der Waals surface area contributed by atoms with E-state index < -0.39 is 8.80 Å². The van der Waals surface area contributed by atoms with E-state index in [-0.39, 0.29) is 0 Å². The zero-order valence-electron chi connectivity index (χ0n) is 7.29. The fourth-order valence-electron chi connectivity index (χ4n) is 1.01. The number of hydrogen-bond acceptors (Lipinski definition) is 3. The van der Waals surface area contributed by atoms with Gasteiger partial charge in [0.1, 0.15) is 0 Å². The molecule has 11 heavy (non-hydrogen) atoms. The third kappa shape index (κ3) is 2.26. The minimum absolute atomic E-state index is 0.668. The summed E-state index contributed by atoms with van der Waals surface area (Å²) in [6, 6.07) is 2.10. The second kappa shape index (κ2) is 3.67. The van der Waals surface area contributed by atoms with Crippen molar-refractivity contribution in [3.8, 4) is 0 Å². The van der Waals surface area contributed by atoms with E-state index in [0.717, 1.165) is 0 Å². The van der Waals surface area contributed by atoms with Crippen LogP contribution in [0.5, 0.6) is 0 Å². The molecular weight excluding hydrogens is 160 g/mol. The predicted octanol–water partition coefficient (Wildman–Crippen LogP) is 1.02. The molecule has 1 aliphatic rings. The van der Waals surface area contributed by atoms with Crippen LogP contribution in [0.1, 0.15) is 12.8 Å². The molecule has 65 valence electrons. The highest BCUT2D eigenvalue weighted by molar-refractivity contribution is 6.64. The Kier molecular flexibility index (Phi) is 3.06. The van der Waals surface area contributed by atoms with Gasteiger partial charge in [0.05, 0.1) is 0 Å². The van der Waals surface area contributed by atoms with Gasteiger partial charge in [-0.3, -0.25) is 0 Å². The van der Waals surface area contributed by atoms with Crippen LogP contribution in [-0.2, 0) is 13.3 Å². The van der Waals surface area contributed by atoms with Gasteiger partial charge in [-0.15, -0.1) is 0 Å². The van der Waals surface area contributed by atoms with Crippen molar-refractivity contribution in [1.29, 1.82) is 0 Å². The summed E-state index contributed by atoms with van der Waals surface area (Å²) in [5.74, 6) is 0.668. The first-order valence-corrected chi connectivity index (χ1v) is 5.58. The van der Waals surface area contributed by atoms with Crippen LogP contribution in [0.2, 0.25) is 0 Å². The van der Waals surface area contributed by atoms with Crippen LogP contribution in [0.4, 0.5) is 0 Å². The molecule has 0 heterocycles. The Balaban J connectivity index is 2.39. The lowest BCUT2D eigenvalue weighted by Gasteiger charge is -2.23. The first-order valence-electron chi connectivity index (χ1n) is 3.78. The van der Waals surface area contributed by atoms with Gasteiger partial charge in [0.25, 0.3) is 0 Å². The molecule has 0 N–H and O–H groups in total. The minimum Gasteiger partial charge on any atom is -0.377 e. The van der Waals surface area contributed by atoms with Crippen LogP contribution >= 0.6 is 0 Å². The van der Waals surface area contributed by atoms with Gasteiger partial charge in [0, 0.05) is 27.4 Å². The number of hydrogen-bond donors (Lipinski definition) is 0. The van der Waals surface area contributed by atoms with Gasteiger partial charge in [-0.1, -0.05) is 0 Å². The molecule has 0 saturated heterocycles. The van der Waals surface area contributed by atoms with Crippen molar-refractivity contribution in [3.63, 3.8) is 0 Å². The summed E-state index contributed by atoms with van der Waals surface area (Å²) in [5, 5.41) is 0. The van der Waals surface area contributed by atoms with Crippen LogP contribution in [0.3, 0.4) is 0 Å². The molecule has 0 aromatic rings. The van der Waals surface area contributed by atoms with Crippen molar-refractivity contribution in [2.75, 3.05) is 21.3 Å². The van der Waals surface area contributed by atoms with Crippen LogP contribution in [0.15, 0.2) is 0 Å². The van der Waals surface area contributed by atoms with Crippen molar-refractivity contribution in [2.45, 2.75) is 12.8 Å². The zero-order chi connectivity index (χ0) is 8.32. The standard InChI is InChI=1S/C7H15O3Si/c1-8-11(9-2,10-3)6-7-4-5-7/h6-7H,4-5H2,1-3H3. The highest BCUT2D eigenvalue weighted by atomic mass is 28.4. The first-order chi connectivity index (χ1) is 5.26. The SMILES string of the molecule is CO[Si]([CH]C1CC1)(OC)OC. The lowest BCUT2D eigenvalue weighted by atomic mass is 10.5. The molecule has 1 radical (unpaired) electrons. The van der Waals surface area contributed by atoms with Crippen molar-refractivity contribution >= 4 is 8.80 Å². The van der Waals surface area contributed by atoms with Gasteiger partial charge in [0.15, 0.2) is 0 Å². The van der Waals surface area contributed by atoms with Crippen LogP contribution in [0.25, 0.3) is 0 Å². The molecule has 1 saturated carbocycles. The Bertz CT molecular complexity index is 113. The molecule has 0 amide bonds. The maximum Gasteiger partial charge on any atom is 0.503 e. The Morgan fingerprint density at radius 1 is 1.09 bits per heavy atom. The third-order valence-corrected chi connectivity index (χ3v) is 4.50. The molecule has 4 heteroatoms. The molecular formula is C7H15O3Si. The van der Waals surface area contributed by atoms with Gasteiger partial charge >= 0.3 is 8.80 Å². The Labute approximate surface area is 69.0 Å². The fourth-order valence-corrected chi connectivity index (χ4v) is 2.82. The molecule has 0 unspecified atom stereocenters. The average molecular weight is 175 g/mol. The maximum absolute atomic E-state index is 5.23. The highest BCUT2D eigenvalue weighted by Gasteiger charge is 2.43. The van der Waals surface area contributed by atoms with Gasteiger partial charge in [-0.2, -0.15) is 0 Å². The summed E-state index contributed by atoms with van der Waals surface area (Å²) in [7, 11) is 2.57. The quantitative estimate of drug-likeness (QED) is 0.584. The lowest BCUT2D eigenvalue weighted by molar-refractivity contribution is 0.131. The average Bonchev–Trinajstić information content (AvgIpc) is 2.84. The van der Waals surface area contributed by atoms with E-state index >= 15 is 0 Å². The van der Waals surface area contributed by atoms with E-state index in [1.807, 2.05) is 0 Å². The van der Waals surface area contributed by atoms with E-state index in [2.05, 4.69) is 6.04 Å². The highest BCUT2D eigenvalue weighted by Crippen LogP contribution is 2.35. The van der Waals surface area contributed by atoms with Gasteiger partial charge in [-0.05, 0) is 18.8 Å². The Morgan fingerprint density at radius 2 is 1.55 bits per heavy atom. The lowest BCUT2D eigenvalue weighted by Crippen LogP contribution is -2.44. The molecule has 3 nitrogen and oxygen atoms in total. The zero-order valence-corrected chi connectivity index (χ0v) is 8.29. The first kappa shape index (κ1) is 9.19. The molecule has 0 spiro atoms. The van der Waals surface area contributed by atoms with Crippen LogP contribution < -0.4 is 0 Å². The van der Waals surface area contributed by atoms with E-state index in [9.17, 15) is 0 Å². The van der Waals surface area contributed by atoms with Crippen LogP contribution in [0, 0.1) is 12.0 Å². The molecule has 0 aliphatic heterocycles. The largest absolute Gasteiger partial charge is 0.503 e. The summed E-state index contributed by atoms with van der Waals surface area (Å²) in [4.78, 5) is 0.